The molecule has 0 spiro atoms. The van der Waals surface area contributed by atoms with Crippen LogP contribution in [-0.2, 0) is 6.37 Å². The van der Waals surface area contributed by atoms with E-state index in [-0.39, 0.29) is 28.0 Å². The molecule has 0 aliphatic rings. The lowest BCUT2D eigenvalue weighted by atomic mass is 9.86. The van der Waals surface area contributed by atoms with Crippen LogP contribution in [-0.4, -0.2) is 4.98 Å². The second-order valence-electron chi connectivity index (χ2n) is 10.5. The third-order valence-electron chi connectivity index (χ3n) is 6.64. The smallest absolute Gasteiger partial charge is 0.145 e. The van der Waals surface area contributed by atoms with Crippen molar-refractivity contribution in [2.45, 2.75) is 40.8 Å². The molecule has 2 aromatic heterocycles. The molecule has 4 aromatic carbocycles. The van der Waals surface area contributed by atoms with Crippen LogP contribution in [0.15, 0.2) is 83.4 Å². The maximum Gasteiger partial charge on any atom is 0.145 e. The van der Waals surface area contributed by atoms with Gasteiger partial charge in [-0.25, -0.2) is 0 Å². The number of hydrogen-bond donors (Lipinski definition) is 0. The Balaban J connectivity index is 1.71. The summed E-state index contributed by atoms with van der Waals surface area (Å²) in [6.45, 7) is -0.0556. The molecule has 0 amide bonds. The van der Waals surface area contributed by atoms with Crippen molar-refractivity contribution in [1.29, 1.82) is 5.26 Å². The summed E-state index contributed by atoms with van der Waals surface area (Å²) in [6, 6.07) is 23.7. The van der Waals surface area contributed by atoms with E-state index in [1.54, 1.807) is 39.0 Å². The second kappa shape index (κ2) is 8.85. The Kier molecular flexibility index (Phi) is 3.83. The van der Waals surface area contributed by atoms with Crippen LogP contribution in [0, 0.1) is 30.4 Å². The predicted molar refractivity (Wildman–Crippen MR) is 157 cm³/mol. The van der Waals surface area contributed by atoms with E-state index in [4.69, 9.17) is 15.4 Å². The summed E-state index contributed by atoms with van der Waals surface area (Å²) in [4.78, 5) is 4.45. The average Bonchev–Trinajstić information content (AvgIpc) is 3.37. The molecule has 0 radical (unpaired) electrons. The summed E-state index contributed by atoms with van der Waals surface area (Å²) in [7, 11) is 0. The monoisotopic (exact) mass is 502 g/mol. The zero-order chi connectivity index (χ0) is 33.4. The van der Waals surface area contributed by atoms with Crippen molar-refractivity contribution in [3.63, 3.8) is 0 Å². The van der Waals surface area contributed by atoms with Gasteiger partial charge in [-0.1, -0.05) is 63.2 Å². The highest BCUT2D eigenvalue weighted by Gasteiger charge is 2.21. The average molecular weight is 503 g/mol. The Bertz CT molecular complexity index is 2210. The Morgan fingerprint density at radius 1 is 0.921 bits per heavy atom. The van der Waals surface area contributed by atoms with E-state index in [2.05, 4.69) is 11.1 Å². The maximum absolute atomic E-state index is 10.1. The molecule has 0 saturated carbocycles. The minimum absolute atomic E-state index is 0.0298. The van der Waals surface area contributed by atoms with Gasteiger partial charge in [0.15, 0.2) is 0 Å². The van der Waals surface area contributed by atoms with Crippen molar-refractivity contribution in [2.24, 2.45) is 5.41 Å². The quantitative estimate of drug-likeness (QED) is 0.242. The van der Waals surface area contributed by atoms with Gasteiger partial charge in [-0.2, -0.15) is 5.26 Å². The van der Waals surface area contributed by atoms with Gasteiger partial charge in [-0.15, -0.1) is 0 Å². The van der Waals surface area contributed by atoms with Crippen LogP contribution in [0.1, 0.15) is 54.0 Å². The van der Waals surface area contributed by atoms with Crippen LogP contribution in [0.3, 0.4) is 0 Å². The van der Waals surface area contributed by atoms with E-state index in [1.807, 2.05) is 42.5 Å². The van der Waals surface area contributed by atoms with E-state index in [9.17, 15) is 5.26 Å². The van der Waals surface area contributed by atoms with Crippen LogP contribution in [0.4, 0.5) is 0 Å². The molecule has 0 unspecified atom stereocenters. The number of nitrogens with zero attached hydrogens (tertiary/aromatic N) is 2. The van der Waals surface area contributed by atoms with E-state index >= 15 is 0 Å². The zero-order valence-corrected chi connectivity index (χ0v) is 21.3. The molecule has 6 rings (SSSR count). The Hall–Kier alpha value is -4.42. The number of rotatable bonds is 3. The summed E-state index contributed by atoms with van der Waals surface area (Å²) in [5.41, 5.74) is 1.54. The SMILES string of the molecule is [2H]C([2H])([2H])c1cnc(-c2ccc(C([2H])([2H])[2H])c3c2oc2c(-c4ccc5ccccc5c4)c(C#N)ccc23)cc1C([2H])([2H])C(C)(C)C. The molecular weight excluding hydrogens is 464 g/mol. The lowest BCUT2D eigenvalue weighted by molar-refractivity contribution is 0.410. The topological polar surface area (TPSA) is 49.8 Å². The van der Waals surface area contributed by atoms with Crippen LogP contribution >= 0.6 is 0 Å². The van der Waals surface area contributed by atoms with Crippen molar-refractivity contribution >= 4 is 32.7 Å². The molecule has 0 N–H and O–H groups in total. The summed E-state index contributed by atoms with van der Waals surface area (Å²) < 4.78 is 73.7. The van der Waals surface area contributed by atoms with Crippen LogP contribution in [0.2, 0.25) is 0 Å². The van der Waals surface area contributed by atoms with Crippen molar-refractivity contribution in [3.8, 4) is 28.5 Å². The van der Waals surface area contributed by atoms with E-state index in [1.165, 1.54) is 18.3 Å². The number of hydrogen-bond acceptors (Lipinski definition) is 3. The van der Waals surface area contributed by atoms with Crippen LogP contribution in [0.25, 0.3) is 55.1 Å². The molecule has 0 saturated heterocycles. The number of furan rings is 1. The molecule has 0 fully saturated rings. The highest BCUT2D eigenvalue weighted by molar-refractivity contribution is 6.15. The van der Waals surface area contributed by atoms with Gasteiger partial charge in [0.25, 0.3) is 0 Å². The van der Waals surface area contributed by atoms with Gasteiger partial charge in [0, 0.05) is 39.1 Å². The minimum Gasteiger partial charge on any atom is -0.455 e. The number of nitriles is 1. The van der Waals surface area contributed by atoms with Gasteiger partial charge in [0.2, 0.25) is 0 Å². The van der Waals surface area contributed by atoms with Gasteiger partial charge in [0.1, 0.15) is 11.2 Å². The lowest BCUT2D eigenvalue weighted by Crippen LogP contribution is -2.10. The van der Waals surface area contributed by atoms with Gasteiger partial charge in [0.05, 0.1) is 17.3 Å². The van der Waals surface area contributed by atoms with E-state index in [0.717, 1.165) is 16.3 Å². The molecule has 38 heavy (non-hydrogen) atoms. The van der Waals surface area contributed by atoms with Gasteiger partial charge in [-0.3, -0.25) is 4.98 Å². The Morgan fingerprint density at radius 3 is 2.50 bits per heavy atom. The number of pyridine rings is 1. The number of aromatic nitrogens is 1. The summed E-state index contributed by atoms with van der Waals surface area (Å²) in [6.07, 6.45) is -0.896. The molecule has 0 bridgehead atoms. The fourth-order valence-electron chi connectivity index (χ4n) is 4.98. The van der Waals surface area contributed by atoms with Crippen molar-refractivity contribution < 1.29 is 15.4 Å². The highest BCUT2D eigenvalue weighted by Crippen LogP contribution is 2.43. The van der Waals surface area contributed by atoms with E-state index < -0.39 is 25.5 Å². The Morgan fingerprint density at radius 2 is 1.74 bits per heavy atom. The first-order chi connectivity index (χ1) is 21.4. The third kappa shape index (κ3) is 4.03. The molecular formula is C35H30N2O. The largest absolute Gasteiger partial charge is 0.455 e. The minimum atomic E-state index is -2.62. The van der Waals surface area contributed by atoms with Crippen molar-refractivity contribution in [3.05, 3.63) is 101 Å². The standard InChI is InChI=1S/C35H30N2O/c1-21-10-14-28(30-17-27(18-35(3,4)5)22(2)20-37-30)33-31(21)29-15-13-26(19-36)32(34(29)38-33)25-12-11-23-8-6-7-9-24(23)16-25/h6-17,20H,18H2,1-5H3/i1D3,2D3,18D2. The van der Waals surface area contributed by atoms with Gasteiger partial charge in [-0.05, 0) is 88.8 Å². The first kappa shape index (κ1) is 16.4. The molecule has 186 valence electrons. The van der Waals surface area contributed by atoms with Crippen molar-refractivity contribution in [2.75, 3.05) is 0 Å². The van der Waals surface area contributed by atoms with Gasteiger partial charge >= 0.3 is 0 Å². The second-order valence-corrected chi connectivity index (χ2v) is 10.5. The van der Waals surface area contributed by atoms with Crippen LogP contribution < -0.4 is 0 Å². The fraction of sp³-hybridized carbons (Fsp3) is 0.200. The highest BCUT2D eigenvalue weighted by atomic mass is 16.3. The first-order valence-electron chi connectivity index (χ1n) is 16.4. The number of benzene rings is 4. The number of fused-ring (bicyclic) bond motifs is 4. The van der Waals surface area contributed by atoms with Gasteiger partial charge < -0.3 is 4.42 Å². The first-order valence-corrected chi connectivity index (χ1v) is 12.4. The third-order valence-corrected chi connectivity index (χ3v) is 6.64. The molecule has 6 aromatic rings. The van der Waals surface area contributed by atoms with Crippen LogP contribution in [0.5, 0.6) is 0 Å². The molecule has 0 atom stereocenters. The Labute approximate surface area is 234 Å². The van der Waals surface area contributed by atoms with E-state index in [0.29, 0.717) is 33.0 Å². The lowest BCUT2D eigenvalue weighted by Gasteiger charge is -2.20. The summed E-state index contributed by atoms with van der Waals surface area (Å²) in [5.74, 6) is 0. The maximum atomic E-state index is 10.1. The number of aryl methyl sites for hydroxylation is 2. The van der Waals surface area contributed by atoms with Crippen molar-refractivity contribution in [1.82, 2.24) is 4.98 Å². The summed E-state index contributed by atoms with van der Waals surface area (Å²) in [5, 5.41) is 12.9. The molecule has 3 nitrogen and oxygen atoms in total. The molecule has 2 heterocycles. The molecule has 0 aliphatic carbocycles. The fourth-order valence-corrected chi connectivity index (χ4v) is 4.98. The molecule has 3 heteroatoms. The summed E-state index contributed by atoms with van der Waals surface area (Å²) >= 11 is 0. The molecule has 0 aliphatic heterocycles. The zero-order valence-electron chi connectivity index (χ0n) is 29.3. The normalized spacial score (nSPS) is 16.1. The predicted octanol–water partition coefficient (Wildman–Crippen LogP) is 9.55.